The molecule has 2 aromatic rings. The maximum Gasteiger partial charge on any atom is 0.326 e. The van der Waals surface area contributed by atoms with E-state index in [2.05, 4.69) is 0 Å². The standard InChI is InChI=1S/C21H21NO5/c1-3-27-19(24)13-22-17-7-5-4-6-16(17)21(26,20(22)25)12-18(23)15-10-8-14(2)9-11-15/h4-11,26H,3,12-13H2,1-2H3/t21-/m1/s1. The number of benzene rings is 2. The fourth-order valence-electron chi connectivity index (χ4n) is 3.24. The number of ketones is 1. The molecule has 3 rings (SSSR count). The van der Waals surface area contributed by atoms with Crippen LogP contribution in [0.2, 0.25) is 0 Å². The number of esters is 1. The number of fused-ring (bicyclic) bond motifs is 1. The predicted molar refractivity (Wildman–Crippen MR) is 99.5 cm³/mol. The summed E-state index contributed by atoms with van der Waals surface area (Å²) in [5.41, 5.74) is 0.149. The largest absolute Gasteiger partial charge is 0.465 e. The number of para-hydroxylation sites is 1. The summed E-state index contributed by atoms with van der Waals surface area (Å²) in [6.07, 6.45) is -0.398. The van der Waals surface area contributed by atoms with E-state index >= 15 is 0 Å². The van der Waals surface area contributed by atoms with Gasteiger partial charge >= 0.3 is 5.97 Å². The van der Waals surface area contributed by atoms with Crippen LogP contribution in [0.5, 0.6) is 0 Å². The molecule has 2 aromatic carbocycles. The van der Waals surface area contributed by atoms with Crippen molar-refractivity contribution in [3.8, 4) is 0 Å². The first-order chi connectivity index (χ1) is 12.9. The molecule has 6 nitrogen and oxygen atoms in total. The van der Waals surface area contributed by atoms with E-state index in [1.165, 1.54) is 4.90 Å². The van der Waals surface area contributed by atoms with Crippen molar-refractivity contribution in [2.45, 2.75) is 25.9 Å². The predicted octanol–water partition coefficient (Wildman–Crippen LogP) is 2.37. The maximum atomic E-state index is 13.0. The monoisotopic (exact) mass is 367 g/mol. The van der Waals surface area contributed by atoms with Crippen molar-refractivity contribution in [3.05, 3.63) is 65.2 Å². The zero-order valence-corrected chi connectivity index (χ0v) is 15.3. The van der Waals surface area contributed by atoms with Gasteiger partial charge in [-0.25, -0.2) is 0 Å². The van der Waals surface area contributed by atoms with E-state index in [-0.39, 0.29) is 18.9 Å². The van der Waals surface area contributed by atoms with Crippen LogP contribution < -0.4 is 4.90 Å². The number of rotatable bonds is 6. The number of carbonyl (C=O) groups excluding carboxylic acids is 3. The number of aliphatic hydroxyl groups is 1. The Morgan fingerprint density at radius 2 is 1.78 bits per heavy atom. The van der Waals surface area contributed by atoms with Crippen LogP contribution in [-0.2, 0) is 19.9 Å². The van der Waals surface area contributed by atoms with Crippen molar-refractivity contribution in [2.24, 2.45) is 0 Å². The Balaban J connectivity index is 1.92. The van der Waals surface area contributed by atoms with E-state index in [0.717, 1.165) is 5.56 Å². The number of carbonyl (C=O) groups is 3. The molecule has 0 saturated heterocycles. The molecular weight excluding hydrogens is 346 g/mol. The quantitative estimate of drug-likeness (QED) is 0.626. The molecule has 1 aliphatic rings. The molecule has 6 heteroatoms. The van der Waals surface area contributed by atoms with Crippen LogP contribution in [0, 0.1) is 6.92 Å². The molecule has 1 atom stereocenters. The minimum atomic E-state index is -2.01. The molecule has 0 radical (unpaired) electrons. The topological polar surface area (TPSA) is 83.9 Å². The lowest BCUT2D eigenvalue weighted by Crippen LogP contribution is -2.44. The first-order valence-electron chi connectivity index (χ1n) is 8.76. The van der Waals surface area contributed by atoms with E-state index in [9.17, 15) is 19.5 Å². The molecule has 1 heterocycles. The van der Waals surface area contributed by atoms with Gasteiger partial charge in [0, 0.05) is 11.1 Å². The molecule has 0 bridgehead atoms. The number of aryl methyl sites for hydroxylation is 1. The smallest absolute Gasteiger partial charge is 0.326 e. The van der Waals surface area contributed by atoms with Gasteiger partial charge in [0.15, 0.2) is 11.4 Å². The molecule has 0 saturated carbocycles. The summed E-state index contributed by atoms with van der Waals surface area (Å²) in [5.74, 6) is -1.62. The second kappa shape index (κ2) is 7.32. The number of ether oxygens (including phenoxy) is 1. The average Bonchev–Trinajstić information content (AvgIpc) is 2.85. The molecule has 0 unspecified atom stereocenters. The molecule has 27 heavy (non-hydrogen) atoms. The van der Waals surface area contributed by atoms with Crippen molar-refractivity contribution in [3.63, 3.8) is 0 Å². The molecule has 1 aliphatic heterocycles. The van der Waals surface area contributed by atoms with Gasteiger partial charge < -0.3 is 9.84 Å². The molecule has 1 N–H and O–H groups in total. The molecule has 140 valence electrons. The Hall–Kier alpha value is -2.99. The van der Waals surface area contributed by atoms with Crippen molar-refractivity contribution in [1.82, 2.24) is 0 Å². The highest BCUT2D eigenvalue weighted by Crippen LogP contribution is 2.42. The minimum absolute atomic E-state index is 0.193. The average molecular weight is 367 g/mol. The van der Waals surface area contributed by atoms with Crippen LogP contribution in [0.1, 0.15) is 34.8 Å². The third-order valence-electron chi connectivity index (χ3n) is 4.62. The molecule has 0 aliphatic carbocycles. The number of hydrogen-bond acceptors (Lipinski definition) is 5. The fraction of sp³-hybridized carbons (Fsp3) is 0.286. The molecular formula is C21H21NO5. The van der Waals surface area contributed by atoms with E-state index in [4.69, 9.17) is 4.74 Å². The lowest BCUT2D eigenvalue weighted by Gasteiger charge is -2.22. The summed E-state index contributed by atoms with van der Waals surface area (Å²) < 4.78 is 4.92. The van der Waals surface area contributed by atoms with Crippen LogP contribution in [0.25, 0.3) is 0 Å². The highest BCUT2D eigenvalue weighted by Gasteiger charge is 2.51. The summed E-state index contributed by atoms with van der Waals surface area (Å²) in [7, 11) is 0. The Morgan fingerprint density at radius 1 is 1.11 bits per heavy atom. The summed E-state index contributed by atoms with van der Waals surface area (Å²) in [5, 5.41) is 11.1. The Morgan fingerprint density at radius 3 is 2.44 bits per heavy atom. The van der Waals surface area contributed by atoms with Gasteiger partial charge in [-0.3, -0.25) is 19.3 Å². The lowest BCUT2D eigenvalue weighted by molar-refractivity contribution is -0.144. The molecule has 0 spiro atoms. The second-order valence-electron chi connectivity index (χ2n) is 6.54. The Kier molecular flexibility index (Phi) is 5.10. The summed E-state index contributed by atoms with van der Waals surface area (Å²) in [6, 6.07) is 13.6. The zero-order chi connectivity index (χ0) is 19.6. The molecule has 1 amide bonds. The number of Topliss-reactive ketones (excluding diaryl/α,β-unsaturated/α-hetero) is 1. The zero-order valence-electron chi connectivity index (χ0n) is 15.3. The van der Waals surface area contributed by atoms with Crippen LogP contribution >= 0.6 is 0 Å². The van der Waals surface area contributed by atoms with Crippen molar-refractivity contribution in [2.75, 3.05) is 18.1 Å². The first-order valence-corrected chi connectivity index (χ1v) is 8.76. The van der Waals surface area contributed by atoms with E-state index in [0.29, 0.717) is 16.8 Å². The van der Waals surface area contributed by atoms with Crippen LogP contribution in [0.4, 0.5) is 5.69 Å². The SMILES string of the molecule is CCOC(=O)CN1C(=O)[C@@](O)(CC(=O)c2ccc(C)cc2)c2ccccc21. The van der Waals surface area contributed by atoms with E-state index < -0.39 is 23.9 Å². The number of nitrogens with zero attached hydrogens (tertiary/aromatic N) is 1. The maximum absolute atomic E-state index is 13.0. The highest BCUT2D eigenvalue weighted by atomic mass is 16.5. The van der Waals surface area contributed by atoms with Crippen molar-refractivity contribution in [1.29, 1.82) is 0 Å². The normalized spacial score (nSPS) is 18.3. The van der Waals surface area contributed by atoms with E-state index in [1.807, 2.05) is 6.92 Å². The van der Waals surface area contributed by atoms with Crippen molar-refractivity contribution >= 4 is 23.3 Å². The summed E-state index contributed by atoms with van der Waals surface area (Å²) in [6.45, 7) is 3.46. The minimum Gasteiger partial charge on any atom is -0.465 e. The van der Waals surface area contributed by atoms with Crippen LogP contribution in [-0.4, -0.2) is 35.9 Å². The molecule has 0 aromatic heterocycles. The number of hydrogen-bond donors (Lipinski definition) is 1. The summed E-state index contributed by atoms with van der Waals surface area (Å²) in [4.78, 5) is 38.7. The van der Waals surface area contributed by atoms with Gasteiger partial charge in [-0.15, -0.1) is 0 Å². The van der Waals surface area contributed by atoms with Gasteiger partial charge in [0.25, 0.3) is 5.91 Å². The van der Waals surface area contributed by atoms with Gasteiger partial charge in [-0.1, -0.05) is 48.0 Å². The Bertz CT molecular complexity index is 890. The third-order valence-corrected chi connectivity index (χ3v) is 4.62. The number of amides is 1. The Labute approximate surface area is 157 Å². The second-order valence-corrected chi connectivity index (χ2v) is 6.54. The fourth-order valence-corrected chi connectivity index (χ4v) is 3.24. The van der Waals surface area contributed by atoms with Crippen LogP contribution in [0.3, 0.4) is 0 Å². The van der Waals surface area contributed by atoms with Gasteiger partial charge in [0.1, 0.15) is 6.54 Å². The summed E-state index contributed by atoms with van der Waals surface area (Å²) >= 11 is 0. The van der Waals surface area contributed by atoms with Gasteiger partial charge in [0.05, 0.1) is 18.7 Å². The van der Waals surface area contributed by atoms with Gasteiger partial charge in [-0.2, -0.15) is 0 Å². The highest BCUT2D eigenvalue weighted by molar-refractivity contribution is 6.12. The van der Waals surface area contributed by atoms with Crippen LogP contribution in [0.15, 0.2) is 48.5 Å². The molecule has 0 fully saturated rings. The lowest BCUT2D eigenvalue weighted by atomic mass is 9.88. The third kappa shape index (κ3) is 3.48. The van der Waals surface area contributed by atoms with Crippen molar-refractivity contribution < 1.29 is 24.2 Å². The van der Waals surface area contributed by atoms with E-state index in [1.54, 1.807) is 55.5 Å². The number of anilines is 1. The van der Waals surface area contributed by atoms with Gasteiger partial charge in [0.2, 0.25) is 0 Å². The van der Waals surface area contributed by atoms with Gasteiger partial charge in [-0.05, 0) is 19.9 Å². The first kappa shape index (κ1) is 18.8.